The lowest BCUT2D eigenvalue weighted by Gasteiger charge is -2.01. The lowest BCUT2D eigenvalue weighted by atomic mass is 10.1. The monoisotopic (exact) mass is 216 g/mol. The summed E-state index contributed by atoms with van der Waals surface area (Å²) in [5, 5.41) is 8.63. The first-order valence-electron chi connectivity index (χ1n) is 5.01. The summed E-state index contributed by atoms with van der Waals surface area (Å²) >= 11 is 0. The van der Waals surface area contributed by atoms with Gasteiger partial charge in [0.25, 0.3) is 0 Å². The zero-order valence-electron chi connectivity index (χ0n) is 8.68. The summed E-state index contributed by atoms with van der Waals surface area (Å²) in [4.78, 5) is 17.5. The number of carbonyl (C=O) groups is 1. The number of aromatic nitrogens is 2. The second-order valence-corrected chi connectivity index (χ2v) is 3.64. The molecule has 2 N–H and O–H groups in total. The fourth-order valence-electron chi connectivity index (χ4n) is 1.55. The van der Waals surface area contributed by atoms with E-state index >= 15 is 0 Å². The molecule has 82 valence electrons. The summed E-state index contributed by atoms with van der Waals surface area (Å²) < 4.78 is 0. The Balaban J connectivity index is 2.05. The van der Waals surface area contributed by atoms with E-state index in [1.807, 2.05) is 24.3 Å². The van der Waals surface area contributed by atoms with Gasteiger partial charge in [-0.25, -0.2) is 4.98 Å². The molecule has 0 aliphatic rings. The molecule has 2 aromatic rings. The minimum atomic E-state index is -0.804. The number of nitrogens with zero attached hydrogens (tertiary/aromatic N) is 1. The molecule has 0 amide bonds. The molecule has 2 rings (SSSR count). The number of aromatic amines is 1. The van der Waals surface area contributed by atoms with Crippen molar-refractivity contribution in [2.45, 2.75) is 12.8 Å². The lowest BCUT2D eigenvalue weighted by molar-refractivity contribution is -0.136. The smallest absolute Gasteiger partial charge is 0.307 e. The molecule has 0 bridgehead atoms. The van der Waals surface area contributed by atoms with Gasteiger partial charge >= 0.3 is 5.97 Å². The van der Waals surface area contributed by atoms with Crippen LogP contribution in [0.2, 0.25) is 0 Å². The van der Waals surface area contributed by atoms with Gasteiger partial charge in [-0.2, -0.15) is 0 Å². The fourth-order valence-corrected chi connectivity index (χ4v) is 1.55. The topological polar surface area (TPSA) is 66.0 Å². The van der Waals surface area contributed by atoms with Crippen molar-refractivity contribution in [3.63, 3.8) is 0 Å². The highest BCUT2D eigenvalue weighted by atomic mass is 16.4. The number of carboxylic acids is 1. The summed E-state index contributed by atoms with van der Waals surface area (Å²) in [6.07, 6.45) is 4.29. The summed E-state index contributed by atoms with van der Waals surface area (Å²) in [6.45, 7) is 0. The van der Waals surface area contributed by atoms with Gasteiger partial charge in [-0.1, -0.05) is 24.3 Å². The standard InChI is InChI=1S/C12H12N2O2/c15-12(16)6-10-3-1-9(2-4-10)5-11-7-13-8-14-11/h1-4,7-8H,5-6H2,(H,13,14)(H,15,16). The van der Waals surface area contributed by atoms with Crippen LogP contribution in [0.15, 0.2) is 36.8 Å². The Kier molecular flexibility index (Phi) is 3.00. The van der Waals surface area contributed by atoms with Gasteiger partial charge in [-0.05, 0) is 11.1 Å². The van der Waals surface area contributed by atoms with Crippen molar-refractivity contribution >= 4 is 5.97 Å². The molecule has 1 aromatic heterocycles. The molecule has 0 spiro atoms. The van der Waals surface area contributed by atoms with Gasteiger partial charge in [0.05, 0.1) is 12.7 Å². The van der Waals surface area contributed by atoms with Crippen LogP contribution in [0.5, 0.6) is 0 Å². The predicted octanol–water partition coefficient (Wildman–Crippen LogP) is 1.63. The highest BCUT2D eigenvalue weighted by molar-refractivity contribution is 5.70. The quantitative estimate of drug-likeness (QED) is 0.816. The van der Waals surface area contributed by atoms with Crippen molar-refractivity contribution in [1.29, 1.82) is 0 Å². The van der Waals surface area contributed by atoms with Gasteiger partial charge in [0, 0.05) is 18.3 Å². The van der Waals surface area contributed by atoms with E-state index in [1.54, 1.807) is 12.5 Å². The molecular weight excluding hydrogens is 204 g/mol. The van der Waals surface area contributed by atoms with E-state index in [-0.39, 0.29) is 6.42 Å². The molecule has 1 heterocycles. The van der Waals surface area contributed by atoms with Gasteiger partial charge in [-0.15, -0.1) is 0 Å². The Bertz CT molecular complexity index is 460. The van der Waals surface area contributed by atoms with E-state index in [4.69, 9.17) is 5.11 Å². The molecule has 1 aromatic carbocycles. The number of aliphatic carboxylic acids is 1. The minimum absolute atomic E-state index is 0.0737. The second kappa shape index (κ2) is 4.61. The highest BCUT2D eigenvalue weighted by Gasteiger charge is 2.01. The van der Waals surface area contributed by atoms with Gasteiger partial charge < -0.3 is 10.1 Å². The summed E-state index contributed by atoms with van der Waals surface area (Å²) in [5.74, 6) is -0.804. The molecule has 0 atom stereocenters. The number of benzene rings is 1. The molecule has 0 aliphatic heterocycles. The van der Waals surface area contributed by atoms with Gasteiger partial charge in [0.1, 0.15) is 0 Å². The zero-order chi connectivity index (χ0) is 11.4. The summed E-state index contributed by atoms with van der Waals surface area (Å²) in [5.41, 5.74) is 3.00. The predicted molar refractivity (Wildman–Crippen MR) is 59.2 cm³/mol. The SMILES string of the molecule is O=C(O)Cc1ccc(Cc2cnc[nH]2)cc1. The molecule has 0 saturated carbocycles. The lowest BCUT2D eigenvalue weighted by Crippen LogP contribution is -2.00. The maximum absolute atomic E-state index is 10.5. The normalized spacial score (nSPS) is 10.2. The van der Waals surface area contributed by atoms with Crippen LogP contribution in [0, 0.1) is 0 Å². The highest BCUT2D eigenvalue weighted by Crippen LogP contribution is 2.09. The minimum Gasteiger partial charge on any atom is -0.481 e. The molecule has 4 heteroatoms. The van der Waals surface area contributed by atoms with E-state index in [0.29, 0.717) is 0 Å². The molecule has 0 radical (unpaired) electrons. The maximum Gasteiger partial charge on any atom is 0.307 e. The number of hydrogen-bond acceptors (Lipinski definition) is 2. The first-order chi connectivity index (χ1) is 7.74. The van der Waals surface area contributed by atoms with Gasteiger partial charge in [0.15, 0.2) is 0 Å². The average molecular weight is 216 g/mol. The molecular formula is C12H12N2O2. The maximum atomic E-state index is 10.5. The number of H-pyrrole nitrogens is 1. The number of imidazole rings is 1. The first kappa shape index (κ1) is 10.4. The van der Waals surface area contributed by atoms with Crippen LogP contribution in [-0.4, -0.2) is 21.0 Å². The van der Waals surface area contributed by atoms with Crippen LogP contribution in [0.3, 0.4) is 0 Å². The van der Waals surface area contributed by atoms with Crippen LogP contribution in [0.1, 0.15) is 16.8 Å². The number of nitrogens with one attached hydrogen (secondary N) is 1. The number of carboxylic acid groups (broad SMARTS) is 1. The van der Waals surface area contributed by atoms with Gasteiger partial charge in [0.2, 0.25) is 0 Å². The average Bonchev–Trinajstić information content (AvgIpc) is 2.73. The fraction of sp³-hybridized carbons (Fsp3) is 0.167. The van der Waals surface area contributed by atoms with Crippen LogP contribution in [0.4, 0.5) is 0 Å². The van der Waals surface area contributed by atoms with E-state index in [0.717, 1.165) is 23.2 Å². The van der Waals surface area contributed by atoms with E-state index in [2.05, 4.69) is 9.97 Å². The number of hydrogen-bond donors (Lipinski definition) is 2. The summed E-state index contributed by atoms with van der Waals surface area (Å²) in [6, 6.07) is 7.58. The first-order valence-corrected chi connectivity index (χ1v) is 5.01. The Morgan fingerprint density at radius 1 is 1.25 bits per heavy atom. The van der Waals surface area contributed by atoms with E-state index < -0.39 is 5.97 Å². The Morgan fingerprint density at radius 2 is 1.94 bits per heavy atom. The van der Waals surface area contributed by atoms with Crippen molar-refractivity contribution in [2.75, 3.05) is 0 Å². The zero-order valence-corrected chi connectivity index (χ0v) is 8.68. The molecule has 0 fully saturated rings. The molecule has 0 saturated heterocycles. The van der Waals surface area contributed by atoms with Crippen LogP contribution >= 0.6 is 0 Å². The Hall–Kier alpha value is -2.10. The van der Waals surface area contributed by atoms with E-state index in [1.165, 1.54) is 0 Å². The Labute approximate surface area is 93.0 Å². The van der Waals surface area contributed by atoms with Crippen LogP contribution < -0.4 is 0 Å². The Morgan fingerprint density at radius 3 is 2.50 bits per heavy atom. The van der Waals surface area contributed by atoms with Crippen molar-refractivity contribution in [3.05, 3.63) is 53.6 Å². The number of rotatable bonds is 4. The molecule has 4 nitrogen and oxygen atoms in total. The van der Waals surface area contributed by atoms with Crippen molar-refractivity contribution < 1.29 is 9.90 Å². The van der Waals surface area contributed by atoms with Crippen LogP contribution in [0.25, 0.3) is 0 Å². The van der Waals surface area contributed by atoms with Crippen molar-refractivity contribution in [3.8, 4) is 0 Å². The second-order valence-electron chi connectivity index (χ2n) is 3.64. The van der Waals surface area contributed by atoms with Crippen molar-refractivity contribution in [2.24, 2.45) is 0 Å². The third-order valence-electron chi connectivity index (χ3n) is 2.33. The largest absolute Gasteiger partial charge is 0.481 e. The molecule has 0 aliphatic carbocycles. The van der Waals surface area contributed by atoms with Crippen molar-refractivity contribution in [1.82, 2.24) is 9.97 Å². The van der Waals surface area contributed by atoms with Crippen LogP contribution in [-0.2, 0) is 17.6 Å². The van der Waals surface area contributed by atoms with Gasteiger partial charge in [-0.3, -0.25) is 4.79 Å². The summed E-state index contributed by atoms with van der Waals surface area (Å²) in [7, 11) is 0. The third-order valence-corrected chi connectivity index (χ3v) is 2.33. The molecule has 0 unspecified atom stereocenters. The molecule has 16 heavy (non-hydrogen) atoms. The van der Waals surface area contributed by atoms with E-state index in [9.17, 15) is 4.79 Å². The third kappa shape index (κ3) is 2.70.